The summed E-state index contributed by atoms with van der Waals surface area (Å²) in [5.74, 6) is 0. The average Bonchev–Trinajstić information content (AvgIpc) is 3.10. The van der Waals surface area contributed by atoms with Crippen molar-refractivity contribution in [1.82, 2.24) is 14.9 Å². The van der Waals surface area contributed by atoms with Crippen LogP contribution in [0.25, 0.3) is 10.6 Å². The Kier molecular flexibility index (Phi) is 4.26. The fourth-order valence-electron chi connectivity index (χ4n) is 1.98. The molecule has 0 saturated heterocycles. The zero-order chi connectivity index (χ0) is 13.9. The molecule has 0 fully saturated rings. The second-order valence-electron chi connectivity index (χ2n) is 4.67. The van der Waals surface area contributed by atoms with Crippen LogP contribution in [0.2, 0.25) is 0 Å². The zero-order valence-corrected chi connectivity index (χ0v) is 13.8. The Morgan fingerprint density at radius 2 is 2.15 bits per heavy atom. The van der Waals surface area contributed by atoms with Crippen LogP contribution in [0.4, 0.5) is 0 Å². The van der Waals surface area contributed by atoms with E-state index in [1.54, 1.807) is 34.0 Å². The minimum Gasteiger partial charge on any atom is -0.295 e. The molecule has 0 aliphatic carbocycles. The molecule has 0 saturated carbocycles. The van der Waals surface area contributed by atoms with Crippen molar-refractivity contribution in [3.05, 3.63) is 44.0 Å². The van der Waals surface area contributed by atoms with Gasteiger partial charge in [-0.1, -0.05) is 0 Å². The summed E-state index contributed by atoms with van der Waals surface area (Å²) in [6, 6.07) is 2.12. The van der Waals surface area contributed by atoms with Crippen molar-refractivity contribution in [3.8, 4) is 10.6 Å². The highest BCUT2D eigenvalue weighted by Gasteiger charge is 2.09. The molecule has 0 N–H and O–H groups in total. The van der Waals surface area contributed by atoms with Crippen LogP contribution in [0.15, 0.2) is 28.4 Å². The number of rotatable bonds is 5. The van der Waals surface area contributed by atoms with Gasteiger partial charge in [0.05, 0.1) is 10.7 Å². The van der Waals surface area contributed by atoms with Gasteiger partial charge in [-0.05, 0) is 25.4 Å². The van der Waals surface area contributed by atoms with Crippen molar-refractivity contribution in [2.24, 2.45) is 0 Å². The first kappa shape index (κ1) is 13.9. The van der Waals surface area contributed by atoms with Crippen LogP contribution in [-0.4, -0.2) is 21.9 Å². The summed E-state index contributed by atoms with van der Waals surface area (Å²) in [5.41, 5.74) is 2.37. The lowest BCUT2D eigenvalue weighted by molar-refractivity contribution is 0.318. The molecule has 20 heavy (non-hydrogen) atoms. The number of thiazole rings is 2. The van der Waals surface area contributed by atoms with E-state index in [-0.39, 0.29) is 0 Å². The number of aromatic nitrogens is 2. The van der Waals surface area contributed by atoms with E-state index in [9.17, 15) is 0 Å². The fraction of sp³-hybridized carbons (Fsp3) is 0.286. The average molecular weight is 321 g/mol. The van der Waals surface area contributed by atoms with Gasteiger partial charge in [-0.25, -0.2) is 9.97 Å². The monoisotopic (exact) mass is 321 g/mol. The van der Waals surface area contributed by atoms with Crippen molar-refractivity contribution in [2.45, 2.75) is 20.0 Å². The molecule has 6 heteroatoms. The lowest BCUT2D eigenvalue weighted by atomic mass is 10.3. The lowest BCUT2D eigenvalue weighted by Crippen LogP contribution is -2.16. The Hall–Kier alpha value is -1.08. The quantitative estimate of drug-likeness (QED) is 0.703. The molecule has 0 atom stereocenters. The van der Waals surface area contributed by atoms with Crippen LogP contribution in [0, 0.1) is 6.92 Å². The number of hydrogen-bond acceptors (Lipinski definition) is 6. The van der Waals surface area contributed by atoms with Crippen molar-refractivity contribution in [2.75, 3.05) is 7.05 Å². The van der Waals surface area contributed by atoms with E-state index in [1.807, 2.05) is 13.1 Å². The van der Waals surface area contributed by atoms with E-state index in [1.165, 1.54) is 10.4 Å². The molecule has 0 aliphatic rings. The summed E-state index contributed by atoms with van der Waals surface area (Å²) < 4.78 is 0. The summed E-state index contributed by atoms with van der Waals surface area (Å²) in [5, 5.41) is 8.63. The van der Waals surface area contributed by atoms with Gasteiger partial charge in [-0.15, -0.1) is 22.7 Å². The fourth-order valence-corrected chi connectivity index (χ4v) is 4.37. The molecule has 3 aromatic heterocycles. The van der Waals surface area contributed by atoms with Crippen LogP contribution < -0.4 is 0 Å². The molecule has 0 aromatic carbocycles. The summed E-state index contributed by atoms with van der Waals surface area (Å²) in [7, 11) is 2.12. The summed E-state index contributed by atoms with van der Waals surface area (Å²) in [6.45, 7) is 3.84. The van der Waals surface area contributed by atoms with Crippen LogP contribution in [0.3, 0.4) is 0 Å². The molecule has 3 nitrogen and oxygen atoms in total. The van der Waals surface area contributed by atoms with E-state index in [4.69, 9.17) is 4.98 Å². The maximum atomic E-state index is 4.71. The SMILES string of the molecule is Cc1ncc(CN(C)Cc2csc(-c3ccsc3)n2)s1. The first-order valence-electron chi connectivity index (χ1n) is 6.27. The third-order valence-corrected chi connectivity index (χ3v) is 5.37. The number of nitrogens with zero attached hydrogens (tertiary/aromatic N) is 3. The lowest BCUT2D eigenvalue weighted by Gasteiger charge is -2.13. The molecular formula is C14H15N3S3. The molecule has 0 amide bonds. The minimum atomic E-state index is 0.873. The van der Waals surface area contributed by atoms with Gasteiger partial charge in [-0.2, -0.15) is 11.3 Å². The third-order valence-electron chi connectivity index (χ3n) is 2.85. The van der Waals surface area contributed by atoms with Gasteiger partial charge in [0, 0.05) is 40.5 Å². The molecule has 0 unspecified atom stereocenters. The molecule has 3 rings (SSSR count). The number of thiophene rings is 1. The Balaban J connectivity index is 1.63. The van der Waals surface area contributed by atoms with Gasteiger partial charge in [0.15, 0.2) is 0 Å². The van der Waals surface area contributed by atoms with Gasteiger partial charge in [-0.3, -0.25) is 4.90 Å². The van der Waals surface area contributed by atoms with Crippen LogP contribution in [0.1, 0.15) is 15.6 Å². The van der Waals surface area contributed by atoms with Crippen LogP contribution in [-0.2, 0) is 13.1 Å². The highest BCUT2D eigenvalue weighted by atomic mass is 32.1. The van der Waals surface area contributed by atoms with Crippen LogP contribution in [0.5, 0.6) is 0 Å². The smallest absolute Gasteiger partial charge is 0.124 e. The normalized spacial score (nSPS) is 11.3. The predicted molar refractivity (Wildman–Crippen MR) is 87.4 cm³/mol. The van der Waals surface area contributed by atoms with E-state index in [0.717, 1.165) is 28.8 Å². The Bertz CT molecular complexity index is 669. The van der Waals surface area contributed by atoms with E-state index >= 15 is 0 Å². The van der Waals surface area contributed by atoms with E-state index in [2.05, 4.69) is 39.1 Å². The molecule has 104 valence electrons. The first-order chi connectivity index (χ1) is 9.70. The highest BCUT2D eigenvalue weighted by molar-refractivity contribution is 7.14. The molecule has 0 spiro atoms. The Morgan fingerprint density at radius 1 is 1.25 bits per heavy atom. The van der Waals surface area contributed by atoms with Gasteiger partial charge < -0.3 is 0 Å². The topological polar surface area (TPSA) is 29.0 Å². The Morgan fingerprint density at radius 3 is 2.85 bits per heavy atom. The van der Waals surface area contributed by atoms with Gasteiger partial charge >= 0.3 is 0 Å². The maximum Gasteiger partial charge on any atom is 0.124 e. The van der Waals surface area contributed by atoms with Crippen molar-refractivity contribution >= 4 is 34.0 Å². The number of aryl methyl sites for hydroxylation is 1. The second kappa shape index (κ2) is 6.13. The van der Waals surface area contributed by atoms with Crippen LogP contribution >= 0.6 is 34.0 Å². The molecule has 3 heterocycles. The molecule has 3 aromatic rings. The predicted octanol–water partition coefficient (Wildman–Crippen LogP) is 4.27. The highest BCUT2D eigenvalue weighted by Crippen LogP contribution is 2.26. The Labute approximate surface area is 130 Å². The second-order valence-corrected chi connectivity index (χ2v) is 7.63. The van der Waals surface area contributed by atoms with Gasteiger partial charge in [0.25, 0.3) is 0 Å². The van der Waals surface area contributed by atoms with E-state index < -0.39 is 0 Å². The van der Waals surface area contributed by atoms with Crippen molar-refractivity contribution in [3.63, 3.8) is 0 Å². The first-order valence-corrected chi connectivity index (χ1v) is 8.91. The van der Waals surface area contributed by atoms with Gasteiger partial charge in [0.2, 0.25) is 0 Å². The molecule has 0 bridgehead atoms. The summed E-state index contributed by atoms with van der Waals surface area (Å²) >= 11 is 5.19. The zero-order valence-electron chi connectivity index (χ0n) is 11.4. The number of hydrogen-bond donors (Lipinski definition) is 0. The largest absolute Gasteiger partial charge is 0.295 e. The van der Waals surface area contributed by atoms with E-state index in [0.29, 0.717) is 0 Å². The summed E-state index contributed by atoms with van der Waals surface area (Å²) in [4.78, 5) is 12.6. The van der Waals surface area contributed by atoms with Gasteiger partial charge in [0.1, 0.15) is 5.01 Å². The standard InChI is InChI=1S/C14H15N3S3/c1-10-15-5-13(20-10)7-17(2)6-12-9-19-14(16-12)11-3-4-18-8-11/h3-5,8-9H,6-7H2,1-2H3. The maximum absolute atomic E-state index is 4.71. The molecule has 0 aliphatic heterocycles. The minimum absolute atomic E-state index is 0.873. The third kappa shape index (κ3) is 3.32. The van der Waals surface area contributed by atoms with Crippen molar-refractivity contribution in [1.29, 1.82) is 0 Å². The summed E-state index contributed by atoms with van der Waals surface area (Å²) in [6.07, 6.45) is 1.97. The van der Waals surface area contributed by atoms with Crippen molar-refractivity contribution < 1.29 is 0 Å². The molecule has 0 radical (unpaired) electrons. The molecular weight excluding hydrogens is 306 g/mol.